The van der Waals surface area contributed by atoms with Gasteiger partial charge in [0.15, 0.2) is 0 Å². The number of nitro groups is 1. The van der Waals surface area contributed by atoms with Gasteiger partial charge in [-0.2, -0.15) is 0 Å². The minimum Gasteiger partial charge on any atom is -0.481 e. The summed E-state index contributed by atoms with van der Waals surface area (Å²) in [6.07, 6.45) is 0.00551. The van der Waals surface area contributed by atoms with E-state index in [-0.39, 0.29) is 12.1 Å². The van der Waals surface area contributed by atoms with Gasteiger partial charge < -0.3 is 10.0 Å². The van der Waals surface area contributed by atoms with Crippen molar-refractivity contribution in [3.8, 4) is 0 Å². The summed E-state index contributed by atoms with van der Waals surface area (Å²) in [6, 6.07) is 2.93. The number of carboxylic acids is 1. The highest BCUT2D eigenvalue weighted by Gasteiger charge is 2.14. The Kier molecular flexibility index (Phi) is 4.59. The van der Waals surface area contributed by atoms with E-state index in [0.29, 0.717) is 24.6 Å². The van der Waals surface area contributed by atoms with Crippen LogP contribution in [-0.2, 0) is 4.79 Å². The van der Waals surface area contributed by atoms with Crippen molar-refractivity contribution < 1.29 is 14.8 Å². The zero-order valence-corrected chi connectivity index (χ0v) is 10.3. The van der Waals surface area contributed by atoms with Crippen molar-refractivity contribution >= 4 is 17.5 Å². The molecule has 0 unspecified atom stereocenters. The molecule has 0 spiro atoms. The van der Waals surface area contributed by atoms with Gasteiger partial charge in [-0.3, -0.25) is 14.9 Å². The molecule has 0 aromatic carbocycles. The molecular weight excluding hydrogens is 238 g/mol. The number of aryl methyl sites for hydroxylation is 1. The molecule has 0 radical (unpaired) electrons. The average molecular weight is 253 g/mol. The number of carboxylic acid groups (broad SMARTS) is 1. The van der Waals surface area contributed by atoms with Crippen molar-refractivity contribution in [2.24, 2.45) is 0 Å². The van der Waals surface area contributed by atoms with Crippen LogP contribution in [0, 0.1) is 17.0 Å². The van der Waals surface area contributed by atoms with Crippen LogP contribution < -0.4 is 4.90 Å². The van der Waals surface area contributed by atoms with Crippen LogP contribution in [0.5, 0.6) is 0 Å². The maximum absolute atomic E-state index is 10.7. The summed E-state index contributed by atoms with van der Waals surface area (Å²) in [4.78, 5) is 26.6. The van der Waals surface area contributed by atoms with Gasteiger partial charge in [0.05, 0.1) is 11.3 Å². The fraction of sp³-hybridized carbons (Fsp3) is 0.455. The maximum Gasteiger partial charge on any atom is 0.305 e. The van der Waals surface area contributed by atoms with Gasteiger partial charge in [-0.25, -0.2) is 4.98 Å². The Hall–Kier alpha value is -2.18. The highest BCUT2D eigenvalue weighted by atomic mass is 16.6. The zero-order chi connectivity index (χ0) is 13.7. The second kappa shape index (κ2) is 5.95. The van der Waals surface area contributed by atoms with Crippen LogP contribution in [0.4, 0.5) is 11.5 Å². The van der Waals surface area contributed by atoms with E-state index >= 15 is 0 Å². The van der Waals surface area contributed by atoms with Crippen molar-refractivity contribution in [2.45, 2.75) is 20.3 Å². The van der Waals surface area contributed by atoms with E-state index in [9.17, 15) is 14.9 Å². The first kappa shape index (κ1) is 13.9. The molecule has 0 saturated heterocycles. The summed E-state index contributed by atoms with van der Waals surface area (Å²) in [7, 11) is 0. The van der Waals surface area contributed by atoms with Gasteiger partial charge in [0.25, 0.3) is 5.69 Å². The van der Waals surface area contributed by atoms with E-state index in [4.69, 9.17) is 5.11 Å². The molecule has 0 aliphatic carbocycles. The van der Waals surface area contributed by atoms with Crippen LogP contribution >= 0.6 is 0 Å². The fourth-order valence-corrected chi connectivity index (χ4v) is 1.57. The topological polar surface area (TPSA) is 96.6 Å². The molecule has 0 amide bonds. The quantitative estimate of drug-likeness (QED) is 0.611. The Morgan fingerprint density at radius 1 is 1.56 bits per heavy atom. The lowest BCUT2D eigenvalue weighted by Gasteiger charge is -2.21. The van der Waals surface area contributed by atoms with E-state index in [2.05, 4.69) is 4.98 Å². The first-order valence-corrected chi connectivity index (χ1v) is 5.54. The van der Waals surface area contributed by atoms with Crippen LogP contribution in [0.25, 0.3) is 0 Å². The summed E-state index contributed by atoms with van der Waals surface area (Å²) in [5, 5.41) is 19.3. The second-order valence-electron chi connectivity index (χ2n) is 3.75. The van der Waals surface area contributed by atoms with Gasteiger partial charge >= 0.3 is 5.97 Å². The number of nitrogens with zero attached hydrogens (tertiary/aromatic N) is 3. The third-order valence-electron chi connectivity index (χ3n) is 2.54. The van der Waals surface area contributed by atoms with E-state index < -0.39 is 10.9 Å². The normalized spacial score (nSPS) is 10.1. The first-order chi connectivity index (χ1) is 8.45. The molecule has 7 heteroatoms. The molecule has 98 valence electrons. The van der Waals surface area contributed by atoms with Crippen LogP contribution in [0.15, 0.2) is 12.1 Å². The van der Waals surface area contributed by atoms with Crippen molar-refractivity contribution in [1.29, 1.82) is 0 Å². The van der Waals surface area contributed by atoms with Crippen molar-refractivity contribution in [2.75, 3.05) is 18.0 Å². The molecule has 0 atom stereocenters. The number of pyridine rings is 1. The Balaban J connectivity index is 2.90. The number of hydrogen-bond acceptors (Lipinski definition) is 5. The Bertz CT molecular complexity index is 462. The number of rotatable bonds is 6. The predicted molar refractivity (Wildman–Crippen MR) is 65.8 cm³/mol. The molecule has 1 N–H and O–H groups in total. The summed E-state index contributed by atoms with van der Waals surface area (Å²) in [6.45, 7) is 4.36. The fourth-order valence-electron chi connectivity index (χ4n) is 1.57. The summed E-state index contributed by atoms with van der Waals surface area (Å²) in [5.41, 5.74) is 0.291. The van der Waals surface area contributed by atoms with E-state index in [1.54, 1.807) is 11.8 Å². The first-order valence-electron chi connectivity index (χ1n) is 5.54. The van der Waals surface area contributed by atoms with E-state index in [1.807, 2.05) is 6.92 Å². The molecule has 0 aliphatic rings. The van der Waals surface area contributed by atoms with Gasteiger partial charge in [-0.15, -0.1) is 0 Å². The molecule has 1 heterocycles. The van der Waals surface area contributed by atoms with Gasteiger partial charge in [0, 0.05) is 19.2 Å². The summed E-state index contributed by atoms with van der Waals surface area (Å²) >= 11 is 0. The Morgan fingerprint density at radius 3 is 2.67 bits per heavy atom. The van der Waals surface area contributed by atoms with Gasteiger partial charge in [-0.05, 0) is 19.9 Å². The number of anilines is 1. The summed E-state index contributed by atoms with van der Waals surface area (Å²) in [5.74, 6) is -0.325. The van der Waals surface area contributed by atoms with Crippen molar-refractivity contribution in [3.63, 3.8) is 0 Å². The number of carbonyl (C=O) groups is 1. The van der Waals surface area contributed by atoms with Crippen molar-refractivity contribution in [1.82, 2.24) is 4.98 Å². The van der Waals surface area contributed by atoms with Crippen LogP contribution in [0.2, 0.25) is 0 Å². The van der Waals surface area contributed by atoms with Gasteiger partial charge in [0.1, 0.15) is 11.5 Å². The molecule has 1 rings (SSSR count). The number of aromatic nitrogens is 1. The molecule has 7 nitrogen and oxygen atoms in total. The molecule has 18 heavy (non-hydrogen) atoms. The number of hydrogen-bond donors (Lipinski definition) is 1. The van der Waals surface area contributed by atoms with Gasteiger partial charge in [0.2, 0.25) is 0 Å². The molecule has 1 aromatic rings. The maximum atomic E-state index is 10.7. The van der Waals surface area contributed by atoms with Crippen LogP contribution in [-0.4, -0.2) is 34.1 Å². The highest BCUT2D eigenvalue weighted by Crippen LogP contribution is 2.20. The van der Waals surface area contributed by atoms with Gasteiger partial charge in [-0.1, -0.05) is 0 Å². The van der Waals surface area contributed by atoms with E-state index in [1.165, 1.54) is 12.1 Å². The second-order valence-corrected chi connectivity index (χ2v) is 3.75. The average Bonchev–Trinajstić information content (AvgIpc) is 2.29. The Morgan fingerprint density at radius 2 is 2.22 bits per heavy atom. The van der Waals surface area contributed by atoms with Crippen LogP contribution in [0.1, 0.15) is 19.0 Å². The minimum absolute atomic E-state index is 0.00551. The molecule has 1 aromatic heterocycles. The van der Waals surface area contributed by atoms with E-state index in [0.717, 1.165) is 0 Å². The summed E-state index contributed by atoms with van der Waals surface area (Å²) < 4.78 is 0. The Labute approximate surface area is 104 Å². The highest BCUT2D eigenvalue weighted by molar-refractivity contribution is 5.67. The van der Waals surface area contributed by atoms with Crippen molar-refractivity contribution in [3.05, 3.63) is 27.9 Å². The lowest BCUT2D eigenvalue weighted by atomic mass is 10.3. The smallest absolute Gasteiger partial charge is 0.305 e. The van der Waals surface area contributed by atoms with Crippen LogP contribution in [0.3, 0.4) is 0 Å². The largest absolute Gasteiger partial charge is 0.481 e. The third kappa shape index (κ3) is 3.41. The molecule has 0 saturated carbocycles. The number of aliphatic carboxylic acids is 1. The molecule has 0 fully saturated rings. The zero-order valence-electron chi connectivity index (χ0n) is 10.3. The molecular formula is C11H15N3O4. The molecule has 0 aliphatic heterocycles. The SMILES string of the molecule is CCN(CCC(=O)O)c1ccc([N+](=O)[O-])c(C)n1. The predicted octanol–water partition coefficient (Wildman–Crippen LogP) is 1.60. The lowest BCUT2D eigenvalue weighted by molar-refractivity contribution is -0.385. The monoisotopic (exact) mass is 253 g/mol. The minimum atomic E-state index is -0.882. The standard InChI is InChI=1S/C11H15N3O4/c1-3-13(7-6-11(15)16)10-5-4-9(14(17)18)8(2)12-10/h4-5H,3,6-7H2,1-2H3,(H,15,16). The lowest BCUT2D eigenvalue weighted by Crippen LogP contribution is -2.26. The third-order valence-corrected chi connectivity index (χ3v) is 2.54. The molecule has 0 bridgehead atoms.